The highest BCUT2D eigenvalue weighted by atomic mass is 16.6. The predicted molar refractivity (Wildman–Crippen MR) is 530 cm³/mol. The maximum Gasteiger partial charge on any atom is 0.335 e. The lowest BCUT2D eigenvalue weighted by Crippen LogP contribution is -2.17. The van der Waals surface area contributed by atoms with Crippen LogP contribution in [-0.2, 0) is 0 Å². The number of hydrogen-bond donors (Lipinski definition) is 17. The number of nitrogen functional groups attached to an aromatic ring is 3. The summed E-state index contributed by atoms with van der Waals surface area (Å²) < 4.78 is 44.2. The van der Waals surface area contributed by atoms with E-state index in [0.29, 0.717) is 62.4 Å². The zero-order valence-electron chi connectivity index (χ0n) is 78.7. The number of carboxylic acid groups (broad SMARTS) is 4. The number of aromatic hydroxyl groups is 2. The Balaban J connectivity index is 0.000000211. The van der Waals surface area contributed by atoms with Crippen LogP contribution < -0.4 is 97.6 Å². The van der Waals surface area contributed by atoms with Gasteiger partial charge in [-0.05, 0) is 275 Å². The molecule has 0 aromatic heterocycles. The molecule has 0 spiro atoms. The first-order chi connectivity index (χ1) is 67.3. The normalized spacial score (nSPS) is 10.5. The number of nitrogens with one attached hydrogen (secondary N) is 8. The lowest BCUT2D eigenvalue weighted by atomic mass is 10.1. The number of phenols is 2. The number of nitro benzene ring substituents is 1. The number of anilines is 11. The van der Waals surface area contributed by atoms with Crippen molar-refractivity contribution >= 4 is 139 Å². The molecule has 12 rings (SSSR count). The number of amides is 8. The number of carbonyl (C=O) groups is 12. The standard InChI is InChI=1S/C27H29N3O7.C27H29N3O6.C25H25N3O6.C23H19N3O9/c1-14(2)36-23-12-17(28)6-8-20(23)26(33)29-18-7-9-19(22(31)13-18)25(32)30-21-10-5-16(27(34)35)11-24(21)37-15(3)4;1-15(2)35-23-13-18(7-11-21(23)29-25(31)17-5-9-20(28)10-6-17)26(32)30-22-12-8-19(27(33)34)14-24(22)36-16(3)4;1-14(2)34-22-13-17(25(31)32)7-11-20(22)28-24(30)16-6-10-19(21(12-16)33-3)27-23(29)15-4-8-18(26)9-5-15;1-34-18-11-13(23(30)31)5-9-16(18)24-22(29)15-8-10-17(20(35-2)19(15)27)25-21(28)12-3-6-14(7-4-12)26(32)33/h5-15,31H,28H2,1-4H3,(H,29,33)(H,30,32)(H,34,35);5-16H,28H2,1-4H3,(H,29,31)(H,30,32)(H,33,34);4-14H,26H2,1-3H3,(H,27,29)(H,28,30)(H,31,32);3-11,27H,1-2H3,(H,24,29)(H,25,28)(H,30,31). The minimum atomic E-state index is -1.17. The molecular formula is C102H102N12O28. The summed E-state index contributed by atoms with van der Waals surface area (Å²) in [6.07, 6.45) is -1.14. The van der Waals surface area contributed by atoms with Gasteiger partial charge >= 0.3 is 23.9 Å². The van der Waals surface area contributed by atoms with Gasteiger partial charge in [0.25, 0.3) is 52.9 Å². The summed E-state index contributed by atoms with van der Waals surface area (Å²) in [5.74, 6) is -8.12. The summed E-state index contributed by atoms with van der Waals surface area (Å²) in [5, 5.41) is 90.1. The van der Waals surface area contributed by atoms with E-state index in [2.05, 4.69) is 42.5 Å². The average molecular weight is 1940 g/mol. The van der Waals surface area contributed by atoms with Crippen LogP contribution in [0.2, 0.25) is 0 Å². The molecule has 0 saturated carbocycles. The van der Waals surface area contributed by atoms with Crippen LogP contribution in [0.3, 0.4) is 0 Å². The minimum absolute atomic E-state index is 0.000329. The molecule has 0 aliphatic rings. The summed E-state index contributed by atoms with van der Waals surface area (Å²) in [7, 11) is 3.96. The Bertz CT molecular complexity index is 6750. The van der Waals surface area contributed by atoms with Gasteiger partial charge < -0.3 is 128 Å². The molecule has 8 amide bonds. The summed E-state index contributed by atoms with van der Waals surface area (Å²) in [6, 6.07) is 54.7. The van der Waals surface area contributed by atoms with Crippen LogP contribution in [0.1, 0.15) is 194 Å². The van der Waals surface area contributed by atoms with E-state index in [4.69, 9.17) is 60.2 Å². The Hall–Kier alpha value is -18.9. The van der Waals surface area contributed by atoms with Crippen molar-refractivity contribution in [3.63, 3.8) is 0 Å². The smallest absolute Gasteiger partial charge is 0.335 e. The third-order valence-electron chi connectivity index (χ3n) is 19.4. The Morgan fingerprint density at radius 1 is 0.275 bits per heavy atom. The lowest BCUT2D eigenvalue weighted by molar-refractivity contribution is -0.384. The number of non-ortho nitro benzene ring substituents is 1. The van der Waals surface area contributed by atoms with Crippen LogP contribution in [-0.4, -0.2) is 159 Å². The van der Waals surface area contributed by atoms with Crippen molar-refractivity contribution in [2.75, 3.05) is 81.1 Å². The Labute approximate surface area is 812 Å². The lowest BCUT2D eigenvalue weighted by Gasteiger charge is -2.18. The van der Waals surface area contributed by atoms with Gasteiger partial charge in [0.1, 0.15) is 46.0 Å². The van der Waals surface area contributed by atoms with E-state index in [9.17, 15) is 93.2 Å². The Kier molecular flexibility index (Phi) is 36.9. The van der Waals surface area contributed by atoms with Crippen molar-refractivity contribution < 1.29 is 131 Å². The van der Waals surface area contributed by atoms with Crippen molar-refractivity contribution in [1.29, 1.82) is 0 Å². The monoisotopic (exact) mass is 1940 g/mol. The largest absolute Gasteiger partial charge is 0.507 e. The van der Waals surface area contributed by atoms with Gasteiger partial charge in [-0.25, -0.2) is 19.2 Å². The van der Waals surface area contributed by atoms with Gasteiger partial charge in [0.05, 0.1) is 136 Å². The van der Waals surface area contributed by atoms with E-state index >= 15 is 0 Å². The molecule has 738 valence electrons. The highest BCUT2D eigenvalue weighted by Crippen LogP contribution is 2.41. The fraction of sp³-hybridized carbons (Fsp3) is 0.176. The second kappa shape index (κ2) is 49.0. The maximum atomic E-state index is 13.1. The van der Waals surface area contributed by atoms with Crippen LogP contribution in [0.25, 0.3) is 0 Å². The molecule has 40 nitrogen and oxygen atoms in total. The molecule has 12 aromatic carbocycles. The third-order valence-corrected chi connectivity index (χ3v) is 19.4. The van der Waals surface area contributed by atoms with Crippen LogP contribution in [0.4, 0.5) is 68.2 Å². The molecule has 0 saturated heterocycles. The molecule has 0 unspecified atom stereocenters. The summed E-state index contributed by atoms with van der Waals surface area (Å²) in [6.45, 7) is 18.0. The van der Waals surface area contributed by atoms with Crippen molar-refractivity contribution in [3.05, 3.63) is 307 Å². The van der Waals surface area contributed by atoms with Crippen molar-refractivity contribution in [1.82, 2.24) is 0 Å². The number of ether oxygens (including phenoxy) is 8. The molecule has 0 atom stereocenters. The molecule has 0 radical (unpaired) electrons. The first kappa shape index (κ1) is 107. The van der Waals surface area contributed by atoms with Gasteiger partial charge in [-0.1, -0.05) is 0 Å². The number of methoxy groups -OCH3 is 3. The number of nitrogens with two attached hydrogens (primary N) is 3. The first-order valence-electron chi connectivity index (χ1n) is 43.1. The number of nitro groups is 1. The zero-order valence-corrected chi connectivity index (χ0v) is 78.7. The molecule has 20 N–H and O–H groups in total. The Morgan fingerprint density at radius 2 is 0.535 bits per heavy atom. The van der Waals surface area contributed by atoms with Crippen LogP contribution in [0, 0.1) is 10.1 Å². The number of carboxylic acids is 4. The number of rotatable bonds is 34. The zero-order chi connectivity index (χ0) is 104. The SMILES string of the molecule is CC(C)Oc1cc(C(=O)O)ccc1NC(=O)c1ccc(NC(=O)c2ccc(N)cc2)c(OC(C)C)c1.CC(C)Oc1cc(C(=O)O)ccc1NC(=O)c1ccc(NC(=O)c2ccc(N)cc2OC(C)C)cc1O.COc1cc(C(=O)Nc2ccc(C(=O)O)cc2OC(C)C)ccc1NC(=O)c1ccc(N)cc1.COc1cc(C(=O)O)ccc1NC(=O)c1ccc(NC(=O)c2ccc([N+](=O)[O-])cc2)c(OC)c1O. The van der Waals surface area contributed by atoms with Gasteiger partial charge in [0.15, 0.2) is 11.5 Å². The van der Waals surface area contributed by atoms with Gasteiger partial charge in [-0.3, -0.25) is 48.5 Å². The topological polar surface area (TPSA) is 618 Å². The third kappa shape index (κ3) is 29.8. The second-order valence-corrected chi connectivity index (χ2v) is 31.9. The molecule has 12 aromatic rings. The van der Waals surface area contributed by atoms with Crippen LogP contribution >= 0.6 is 0 Å². The predicted octanol–water partition coefficient (Wildman–Crippen LogP) is 17.6. The summed E-state index contributed by atoms with van der Waals surface area (Å²) >= 11 is 0. The molecular weight excluding hydrogens is 1840 g/mol. The fourth-order valence-electron chi connectivity index (χ4n) is 12.8. The summed E-state index contributed by atoms with van der Waals surface area (Å²) in [5.41, 5.74) is 22.2. The quantitative estimate of drug-likeness (QED) is 0.0101. The van der Waals surface area contributed by atoms with Crippen molar-refractivity contribution in [2.24, 2.45) is 0 Å². The van der Waals surface area contributed by atoms with Crippen LogP contribution in [0.5, 0.6) is 57.5 Å². The highest BCUT2D eigenvalue weighted by Gasteiger charge is 2.27. The second-order valence-electron chi connectivity index (χ2n) is 31.9. The van der Waals surface area contributed by atoms with E-state index in [1.54, 1.807) is 120 Å². The van der Waals surface area contributed by atoms with Gasteiger partial charge in [0, 0.05) is 74.8 Å². The summed E-state index contributed by atoms with van der Waals surface area (Å²) in [4.78, 5) is 157. The fourth-order valence-corrected chi connectivity index (χ4v) is 12.8. The maximum absolute atomic E-state index is 13.1. The number of carbonyl (C=O) groups excluding carboxylic acids is 8. The molecule has 0 aliphatic heterocycles. The van der Waals surface area contributed by atoms with Crippen molar-refractivity contribution in [2.45, 2.75) is 99.8 Å². The van der Waals surface area contributed by atoms with E-state index in [1.807, 2.05) is 27.7 Å². The van der Waals surface area contributed by atoms with Gasteiger partial charge in [-0.15, -0.1) is 0 Å². The van der Waals surface area contributed by atoms with Crippen LogP contribution in [0.15, 0.2) is 231 Å². The van der Waals surface area contributed by atoms with Gasteiger partial charge in [-0.2, -0.15) is 0 Å². The van der Waals surface area contributed by atoms with E-state index in [-0.39, 0.29) is 167 Å². The molecule has 40 heteroatoms. The van der Waals surface area contributed by atoms with E-state index < -0.39 is 70.0 Å². The molecule has 0 fully saturated rings. The molecule has 0 heterocycles. The molecule has 0 bridgehead atoms. The first-order valence-corrected chi connectivity index (χ1v) is 43.1. The highest BCUT2D eigenvalue weighted by molar-refractivity contribution is 6.14. The number of aromatic carboxylic acids is 4. The number of phenolic OH excluding ortho intramolecular Hbond substituents is 2. The van der Waals surface area contributed by atoms with E-state index in [1.165, 1.54) is 173 Å². The number of benzene rings is 12. The molecule has 142 heavy (non-hydrogen) atoms. The minimum Gasteiger partial charge on any atom is -0.507 e. The number of hydrogen-bond acceptors (Lipinski definition) is 27. The van der Waals surface area contributed by atoms with Gasteiger partial charge in [0.2, 0.25) is 0 Å². The van der Waals surface area contributed by atoms with Crippen molar-refractivity contribution in [3.8, 4) is 57.5 Å². The molecule has 0 aliphatic carbocycles. The number of nitrogens with zero attached hydrogens (tertiary/aromatic N) is 1. The van der Waals surface area contributed by atoms with E-state index in [0.717, 1.165) is 0 Å². The Morgan fingerprint density at radius 3 is 0.873 bits per heavy atom. The average Bonchev–Trinajstić information content (AvgIpc) is 0.797.